The van der Waals surface area contributed by atoms with Gasteiger partial charge < -0.3 is 10.0 Å². The zero-order chi connectivity index (χ0) is 15.2. The van der Waals surface area contributed by atoms with Crippen LogP contribution >= 0.6 is 11.3 Å². The summed E-state index contributed by atoms with van der Waals surface area (Å²) in [7, 11) is 0. The average molecular weight is 315 g/mol. The van der Waals surface area contributed by atoms with Crippen LogP contribution in [0.1, 0.15) is 19.3 Å². The number of carboxylic acids is 1. The summed E-state index contributed by atoms with van der Waals surface area (Å²) in [5, 5.41) is 11.7. The smallest absolute Gasteiger partial charge is 0.311 e. The van der Waals surface area contributed by atoms with Crippen LogP contribution in [0.25, 0.3) is 10.6 Å². The third kappa shape index (κ3) is 2.01. The van der Waals surface area contributed by atoms with Crippen molar-refractivity contribution in [3.8, 4) is 10.6 Å². The summed E-state index contributed by atoms with van der Waals surface area (Å²) in [6.45, 7) is 1.32. The first-order valence-electron chi connectivity index (χ1n) is 7.53. The first-order valence-corrected chi connectivity index (χ1v) is 8.41. The fourth-order valence-electron chi connectivity index (χ4n) is 3.86. The number of thiophene rings is 1. The van der Waals surface area contributed by atoms with Gasteiger partial charge in [0.1, 0.15) is 11.5 Å². The Labute approximate surface area is 132 Å². The third-order valence-electron chi connectivity index (χ3n) is 5.02. The van der Waals surface area contributed by atoms with Gasteiger partial charge in [-0.25, -0.2) is 4.98 Å². The molecule has 2 aromatic rings. The minimum Gasteiger partial charge on any atom is -0.481 e. The Hall–Kier alpha value is -1.95. The van der Waals surface area contributed by atoms with Crippen molar-refractivity contribution in [3.05, 3.63) is 29.9 Å². The topological polar surface area (TPSA) is 66.3 Å². The molecule has 2 atom stereocenters. The first kappa shape index (κ1) is 13.7. The SMILES string of the molecule is O=C(O)[C@@]12CCC[C@H]1CN(c1cncc(-c3cccs3)n1)C2. The van der Waals surface area contributed by atoms with Crippen molar-refractivity contribution in [2.24, 2.45) is 11.3 Å². The van der Waals surface area contributed by atoms with Gasteiger partial charge in [0, 0.05) is 13.1 Å². The van der Waals surface area contributed by atoms with E-state index in [4.69, 9.17) is 4.98 Å². The Morgan fingerprint density at radius 3 is 3.09 bits per heavy atom. The van der Waals surface area contributed by atoms with E-state index in [9.17, 15) is 9.90 Å². The van der Waals surface area contributed by atoms with Crippen LogP contribution in [0.3, 0.4) is 0 Å². The molecule has 6 heteroatoms. The molecule has 22 heavy (non-hydrogen) atoms. The van der Waals surface area contributed by atoms with Crippen molar-refractivity contribution in [2.45, 2.75) is 19.3 Å². The summed E-state index contributed by atoms with van der Waals surface area (Å²) in [6.07, 6.45) is 6.31. The van der Waals surface area contributed by atoms with E-state index < -0.39 is 11.4 Å². The van der Waals surface area contributed by atoms with Gasteiger partial charge in [-0.2, -0.15) is 0 Å². The number of aliphatic carboxylic acids is 1. The number of anilines is 1. The Bertz CT molecular complexity index is 703. The molecular weight excluding hydrogens is 298 g/mol. The molecular formula is C16H17N3O2S. The maximum Gasteiger partial charge on any atom is 0.311 e. The van der Waals surface area contributed by atoms with Crippen molar-refractivity contribution in [2.75, 3.05) is 18.0 Å². The lowest BCUT2D eigenvalue weighted by Gasteiger charge is -2.23. The standard InChI is InChI=1S/C16H17N3O2S/c20-15(21)16-5-1-3-11(16)9-19(10-16)14-8-17-7-12(18-14)13-4-2-6-22-13/h2,4,6-8,11H,1,3,5,9-10H2,(H,20,21)/t11-,16+/m0/s1. The lowest BCUT2D eigenvalue weighted by Crippen LogP contribution is -2.35. The molecule has 0 spiro atoms. The number of carbonyl (C=O) groups is 1. The van der Waals surface area contributed by atoms with Crippen molar-refractivity contribution in [1.29, 1.82) is 0 Å². The Morgan fingerprint density at radius 2 is 2.36 bits per heavy atom. The zero-order valence-corrected chi connectivity index (χ0v) is 12.9. The molecule has 2 fully saturated rings. The van der Waals surface area contributed by atoms with Gasteiger partial charge in [-0.1, -0.05) is 12.5 Å². The number of fused-ring (bicyclic) bond motifs is 1. The number of aromatic nitrogens is 2. The predicted octanol–water partition coefficient (Wildman–Crippen LogP) is 2.90. The fraction of sp³-hybridized carbons (Fsp3) is 0.438. The highest BCUT2D eigenvalue weighted by atomic mass is 32.1. The predicted molar refractivity (Wildman–Crippen MR) is 85.0 cm³/mol. The largest absolute Gasteiger partial charge is 0.481 e. The lowest BCUT2D eigenvalue weighted by atomic mass is 9.81. The molecule has 5 nitrogen and oxygen atoms in total. The molecule has 1 saturated carbocycles. The van der Waals surface area contributed by atoms with Gasteiger partial charge in [0.25, 0.3) is 0 Å². The van der Waals surface area contributed by atoms with Gasteiger partial charge in [-0.3, -0.25) is 9.78 Å². The normalized spacial score (nSPS) is 27.1. The summed E-state index contributed by atoms with van der Waals surface area (Å²) in [6, 6.07) is 4.02. The molecule has 0 unspecified atom stereocenters. The second-order valence-corrected chi connectivity index (χ2v) is 7.12. The molecule has 1 aliphatic heterocycles. The van der Waals surface area contributed by atoms with E-state index >= 15 is 0 Å². The van der Waals surface area contributed by atoms with Crippen molar-refractivity contribution >= 4 is 23.1 Å². The molecule has 0 bridgehead atoms. The molecule has 2 aliphatic rings. The van der Waals surface area contributed by atoms with Gasteiger partial charge in [0.2, 0.25) is 0 Å². The van der Waals surface area contributed by atoms with E-state index in [0.717, 1.165) is 42.2 Å². The monoisotopic (exact) mass is 315 g/mol. The first-order chi connectivity index (χ1) is 10.7. The number of carboxylic acid groups (broad SMARTS) is 1. The maximum atomic E-state index is 11.8. The van der Waals surface area contributed by atoms with Crippen LogP contribution in [0.2, 0.25) is 0 Å². The Morgan fingerprint density at radius 1 is 1.45 bits per heavy atom. The van der Waals surface area contributed by atoms with E-state index in [1.807, 2.05) is 17.5 Å². The van der Waals surface area contributed by atoms with Gasteiger partial charge >= 0.3 is 5.97 Å². The van der Waals surface area contributed by atoms with Crippen molar-refractivity contribution in [1.82, 2.24) is 9.97 Å². The fourth-order valence-corrected chi connectivity index (χ4v) is 4.54. The second kappa shape index (κ2) is 5.05. The van der Waals surface area contributed by atoms with Crippen LogP contribution in [0.4, 0.5) is 5.82 Å². The molecule has 0 radical (unpaired) electrons. The molecule has 1 saturated heterocycles. The van der Waals surface area contributed by atoms with Gasteiger partial charge in [-0.15, -0.1) is 11.3 Å². The minimum atomic E-state index is -0.653. The molecule has 2 aromatic heterocycles. The van der Waals surface area contributed by atoms with Gasteiger partial charge in [-0.05, 0) is 30.2 Å². The molecule has 1 aliphatic carbocycles. The van der Waals surface area contributed by atoms with Crippen LogP contribution in [0.15, 0.2) is 29.9 Å². The van der Waals surface area contributed by atoms with E-state index in [-0.39, 0.29) is 5.92 Å². The van der Waals surface area contributed by atoms with E-state index in [1.54, 1.807) is 23.7 Å². The molecule has 114 valence electrons. The zero-order valence-electron chi connectivity index (χ0n) is 12.1. The highest BCUT2D eigenvalue weighted by Crippen LogP contribution is 2.49. The summed E-state index contributed by atoms with van der Waals surface area (Å²) in [5.74, 6) is 0.373. The van der Waals surface area contributed by atoms with E-state index in [0.29, 0.717) is 6.54 Å². The van der Waals surface area contributed by atoms with E-state index in [1.165, 1.54) is 0 Å². The van der Waals surface area contributed by atoms with Crippen LogP contribution in [-0.4, -0.2) is 34.1 Å². The maximum absolute atomic E-state index is 11.8. The number of nitrogens with zero attached hydrogens (tertiary/aromatic N) is 3. The van der Waals surface area contributed by atoms with Gasteiger partial charge in [0.05, 0.1) is 22.7 Å². The van der Waals surface area contributed by atoms with Gasteiger partial charge in [0.15, 0.2) is 0 Å². The Kier molecular flexibility index (Phi) is 3.14. The molecule has 1 N–H and O–H groups in total. The summed E-state index contributed by atoms with van der Waals surface area (Å²) in [4.78, 5) is 24.0. The summed E-state index contributed by atoms with van der Waals surface area (Å²) in [5.41, 5.74) is 0.273. The molecule has 0 amide bonds. The van der Waals surface area contributed by atoms with Crippen molar-refractivity contribution in [3.63, 3.8) is 0 Å². The number of rotatable bonds is 3. The van der Waals surface area contributed by atoms with Crippen LogP contribution in [0.5, 0.6) is 0 Å². The molecule has 4 rings (SSSR count). The number of hydrogen-bond donors (Lipinski definition) is 1. The van der Waals surface area contributed by atoms with Crippen LogP contribution in [0, 0.1) is 11.3 Å². The molecule has 0 aromatic carbocycles. The average Bonchev–Trinajstić information content (AvgIpc) is 3.22. The Balaban J connectivity index is 1.64. The minimum absolute atomic E-state index is 0.234. The molecule has 3 heterocycles. The van der Waals surface area contributed by atoms with Crippen LogP contribution < -0.4 is 4.90 Å². The van der Waals surface area contributed by atoms with Crippen molar-refractivity contribution < 1.29 is 9.90 Å². The second-order valence-electron chi connectivity index (χ2n) is 6.17. The summed E-state index contributed by atoms with van der Waals surface area (Å²) < 4.78 is 0. The third-order valence-corrected chi connectivity index (χ3v) is 5.91. The summed E-state index contributed by atoms with van der Waals surface area (Å²) >= 11 is 1.63. The van der Waals surface area contributed by atoms with Crippen LogP contribution in [-0.2, 0) is 4.79 Å². The number of hydrogen-bond acceptors (Lipinski definition) is 5. The highest BCUT2D eigenvalue weighted by Gasteiger charge is 2.55. The van der Waals surface area contributed by atoms with E-state index in [2.05, 4.69) is 9.88 Å². The lowest BCUT2D eigenvalue weighted by molar-refractivity contribution is -0.149. The quantitative estimate of drug-likeness (QED) is 0.943. The highest BCUT2D eigenvalue weighted by molar-refractivity contribution is 7.13.